The molecule has 0 aromatic rings. The van der Waals surface area contributed by atoms with Crippen molar-refractivity contribution in [3.8, 4) is 0 Å². The molecule has 0 saturated heterocycles. The summed E-state index contributed by atoms with van der Waals surface area (Å²) in [4.78, 5) is 0. The predicted molar refractivity (Wildman–Crippen MR) is 44.6 cm³/mol. The number of rotatable bonds is 2. The van der Waals surface area contributed by atoms with E-state index in [-0.39, 0.29) is 6.04 Å². The van der Waals surface area contributed by atoms with E-state index in [4.69, 9.17) is 15.2 Å². The predicted octanol–water partition coefficient (Wildman–Crippen LogP) is -0.652. The number of quaternary nitrogens is 1. The third kappa shape index (κ3) is 1.53. The van der Waals surface area contributed by atoms with Gasteiger partial charge in [0, 0.05) is 6.08 Å². The Labute approximate surface area is 71.8 Å². The molecule has 0 radical (unpaired) electrons. The fraction of sp³-hybridized carbons (Fsp3) is 0.500. The molecule has 68 valence electrons. The molecule has 0 aromatic heterocycles. The fourth-order valence-electron chi connectivity index (χ4n) is 1.22. The Hall–Kier alpha value is -1.16. The Morgan fingerprint density at radius 3 is 2.67 bits per heavy atom. The minimum Gasteiger partial charge on any atom is -0.499 e. The number of hydrogen-bond acceptors (Lipinski definition) is 3. The van der Waals surface area contributed by atoms with E-state index in [1.807, 2.05) is 0 Å². The lowest BCUT2D eigenvalue weighted by atomic mass is 10.0. The number of ether oxygens (including phenoxy) is 2. The van der Waals surface area contributed by atoms with Crippen LogP contribution in [0.3, 0.4) is 0 Å². The molecule has 0 aliphatic heterocycles. The maximum atomic E-state index is 5.69. The summed E-state index contributed by atoms with van der Waals surface area (Å²) < 4.78 is 10.2. The highest BCUT2D eigenvalue weighted by atomic mass is 16.5. The van der Waals surface area contributed by atoms with Gasteiger partial charge >= 0.3 is 0 Å². The Balaban J connectivity index is 2.87. The summed E-state index contributed by atoms with van der Waals surface area (Å²) >= 11 is 0. The van der Waals surface area contributed by atoms with Crippen molar-refractivity contribution < 1.29 is 15.2 Å². The minimum atomic E-state index is 0.109. The lowest BCUT2D eigenvalue weighted by Crippen LogP contribution is -2.62. The van der Waals surface area contributed by atoms with Gasteiger partial charge in [-0.2, -0.15) is 0 Å². The zero-order valence-corrected chi connectivity index (χ0v) is 7.46. The average molecular weight is 171 g/mol. The van der Waals surface area contributed by atoms with Crippen LogP contribution in [0.15, 0.2) is 23.3 Å². The van der Waals surface area contributed by atoms with Crippen molar-refractivity contribution in [1.29, 1.82) is 0 Å². The van der Waals surface area contributed by atoms with Crippen LogP contribution in [0.5, 0.6) is 0 Å². The van der Waals surface area contributed by atoms with Gasteiger partial charge in [-0.1, -0.05) is 0 Å². The van der Waals surface area contributed by atoms with Gasteiger partial charge in [-0.15, -0.1) is 0 Å². The summed E-state index contributed by atoms with van der Waals surface area (Å²) in [6, 6.07) is 0.109. The van der Waals surface area contributed by atoms with Crippen molar-refractivity contribution in [2.45, 2.75) is 12.5 Å². The second-order valence-electron chi connectivity index (χ2n) is 2.73. The lowest BCUT2D eigenvalue weighted by Gasteiger charge is -2.19. The molecule has 1 unspecified atom stereocenters. The summed E-state index contributed by atoms with van der Waals surface area (Å²) in [6.45, 7) is 0. The molecule has 4 heteroatoms. The Bertz CT molecular complexity index is 233. The Kier molecular flexibility index (Phi) is 2.60. The van der Waals surface area contributed by atoms with Crippen molar-refractivity contribution in [3.63, 3.8) is 0 Å². The molecule has 1 atom stereocenters. The van der Waals surface area contributed by atoms with E-state index in [2.05, 4.69) is 5.73 Å². The van der Waals surface area contributed by atoms with Crippen LogP contribution < -0.4 is 11.5 Å². The molecule has 0 heterocycles. The summed E-state index contributed by atoms with van der Waals surface area (Å²) in [5.41, 5.74) is 10.2. The van der Waals surface area contributed by atoms with Crippen LogP contribution in [0.2, 0.25) is 0 Å². The average Bonchev–Trinajstić information content (AvgIpc) is 2.08. The highest BCUT2D eigenvalue weighted by Crippen LogP contribution is 2.19. The van der Waals surface area contributed by atoms with Crippen LogP contribution in [0.1, 0.15) is 6.42 Å². The van der Waals surface area contributed by atoms with Crippen LogP contribution >= 0.6 is 0 Å². The van der Waals surface area contributed by atoms with Gasteiger partial charge in [0.25, 0.3) is 0 Å². The molecule has 0 saturated carbocycles. The fourth-order valence-corrected chi connectivity index (χ4v) is 1.22. The molecule has 0 aromatic carbocycles. The van der Waals surface area contributed by atoms with E-state index in [9.17, 15) is 0 Å². The van der Waals surface area contributed by atoms with Crippen molar-refractivity contribution >= 4 is 0 Å². The lowest BCUT2D eigenvalue weighted by molar-refractivity contribution is -0.414. The number of hydrogen-bond donors (Lipinski definition) is 2. The minimum absolute atomic E-state index is 0.109. The third-order valence-corrected chi connectivity index (χ3v) is 1.94. The van der Waals surface area contributed by atoms with Gasteiger partial charge in [0.05, 0.1) is 26.3 Å². The smallest absolute Gasteiger partial charge is 0.155 e. The number of allylic oxidation sites excluding steroid dienone is 1. The first-order chi connectivity index (χ1) is 5.69. The molecule has 1 aliphatic rings. The first kappa shape index (κ1) is 8.93. The number of nitrogens with two attached hydrogens (primary N) is 1. The SMILES string of the molecule is COC1=CC(N)=C(OC)CC1[NH3+]. The van der Waals surface area contributed by atoms with Crippen LogP contribution in [0.4, 0.5) is 0 Å². The highest BCUT2D eigenvalue weighted by molar-refractivity contribution is 5.28. The molecular weight excluding hydrogens is 156 g/mol. The highest BCUT2D eigenvalue weighted by Gasteiger charge is 2.23. The molecule has 1 aliphatic carbocycles. The van der Waals surface area contributed by atoms with E-state index in [1.54, 1.807) is 20.3 Å². The topological polar surface area (TPSA) is 72.1 Å². The first-order valence-corrected chi connectivity index (χ1v) is 3.80. The molecule has 0 spiro atoms. The summed E-state index contributed by atoms with van der Waals surface area (Å²) in [6.07, 6.45) is 2.47. The quantitative estimate of drug-likeness (QED) is 0.579. The monoisotopic (exact) mass is 171 g/mol. The Morgan fingerprint density at radius 1 is 1.50 bits per heavy atom. The molecule has 5 N–H and O–H groups in total. The van der Waals surface area contributed by atoms with E-state index in [0.29, 0.717) is 12.1 Å². The van der Waals surface area contributed by atoms with Crippen molar-refractivity contribution in [2.24, 2.45) is 5.73 Å². The summed E-state index contributed by atoms with van der Waals surface area (Å²) in [7, 11) is 3.23. The van der Waals surface area contributed by atoms with Gasteiger partial charge in [0.15, 0.2) is 5.76 Å². The van der Waals surface area contributed by atoms with E-state index in [1.165, 1.54) is 0 Å². The van der Waals surface area contributed by atoms with Crippen molar-refractivity contribution in [2.75, 3.05) is 14.2 Å². The third-order valence-electron chi connectivity index (χ3n) is 1.94. The number of methoxy groups -OCH3 is 2. The van der Waals surface area contributed by atoms with Gasteiger partial charge in [0.1, 0.15) is 11.8 Å². The second kappa shape index (κ2) is 3.49. The van der Waals surface area contributed by atoms with Gasteiger partial charge in [-0.3, -0.25) is 0 Å². The van der Waals surface area contributed by atoms with E-state index >= 15 is 0 Å². The first-order valence-electron chi connectivity index (χ1n) is 3.80. The van der Waals surface area contributed by atoms with E-state index < -0.39 is 0 Å². The Morgan fingerprint density at radius 2 is 2.17 bits per heavy atom. The zero-order valence-electron chi connectivity index (χ0n) is 7.46. The molecule has 12 heavy (non-hydrogen) atoms. The maximum Gasteiger partial charge on any atom is 0.155 e. The van der Waals surface area contributed by atoms with Gasteiger partial charge in [0.2, 0.25) is 0 Å². The zero-order chi connectivity index (χ0) is 9.14. The standard InChI is InChI=1S/C8H14N2O2/c1-11-7-3-6(10)8(12-2)4-5(7)9/h3,5H,4,9-10H2,1-2H3/p+1. The molecular formula is C8H15N2O2+. The second-order valence-corrected chi connectivity index (χ2v) is 2.73. The summed E-state index contributed by atoms with van der Waals surface area (Å²) in [5.74, 6) is 1.60. The largest absolute Gasteiger partial charge is 0.499 e. The van der Waals surface area contributed by atoms with Crippen LogP contribution in [0, 0.1) is 0 Å². The van der Waals surface area contributed by atoms with Crippen LogP contribution in [0.25, 0.3) is 0 Å². The van der Waals surface area contributed by atoms with Crippen LogP contribution in [-0.4, -0.2) is 20.3 Å². The van der Waals surface area contributed by atoms with Gasteiger partial charge in [-0.25, -0.2) is 0 Å². The van der Waals surface area contributed by atoms with Gasteiger partial charge in [-0.05, 0) is 0 Å². The molecule has 4 nitrogen and oxygen atoms in total. The van der Waals surface area contributed by atoms with Crippen molar-refractivity contribution in [3.05, 3.63) is 23.3 Å². The molecule has 1 rings (SSSR count). The molecule has 0 fully saturated rings. The molecule has 0 amide bonds. The maximum absolute atomic E-state index is 5.69. The van der Waals surface area contributed by atoms with E-state index in [0.717, 1.165) is 11.5 Å². The van der Waals surface area contributed by atoms with Gasteiger partial charge < -0.3 is 20.9 Å². The molecule has 0 bridgehead atoms. The van der Waals surface area contributed by atoms with Crippen LogP contribution in [-0.2, 0) is 9.47 Å². The van der Waals surface area contributed by atoms with Crippen molar-refractivity contribution in [1.82, 2.24) is 0 Å². The summed E-state index contributed by atoms with van der Waals surface area (Å²) in [5, 5.41) is 0. The normalized spacial score (nSPS) is 23.6.